The first-order valence-electron chi connectivity index (χ1n) is 6.08. The number of nitrogens with two attached hydrogens (primary N) is 1. The normalized spacial score (nSPS) is 12.6. The van der Waals surface area contributed by atoms with Gasteiger partial charge in [-0.15, -0.1) is 0 Å². The van der Waals surface area contributed by atoms with E-state index in [4.69, 9.17) is 10.5 Å². The second-order valence-electron chi connectivity index (χ2n) is 4.81. The summed E-state index contributed by atoms with van der Waals surface area (Å²) in [5.74, 6) is 1.46. The summed E-state index contributed by atoms with van der Waals surface area (Å²) in [4.78, 5) is 2.25. The summed E-state index contributed by atoms with van der Waals surface area (Å²) in [5.41, 5.74) is 8.18. The summed E-state index contributed by atoms with van der Waals surface area (Å²) in [6, 6.07) is 6.60. The first-order chi connectivity index (χ1) is 8.01. The fraction of sp³-hybridized carbons (Fsp3) is 0.571. The Hall–Kier alpha value is -1.22. The van der Waals surface area contributed by atoms with Gasteiger partial charge in [0, 0.05) is 25.3 Å². The predicted molar refractivity (Wildman–Crippen MR) is 73.8 cm³/mol. The van der Waals surface area contributed by atoms with Crippen molar-refractivity contribution in [2.45, 2.75) is 26.8 Å². The molecule has 1 rings (SSSR count). The lowest BCUT2D eigenvalue weighted by Gasteiger charge is -2.32. The van der Waals surface area contributed by atoms with E-state index in [2.05, 4.69) is 44.9 Å². The quantitative estimate of drug-likeness (QED) is 0.853. The zero-order valence-electron chi connectivity index (χ0n) is 11.5. The largest absolute Gasteiger partial charge is 0.496 e. The Morgan fingerprint density at radius 1 is 1.35 bits per heavy atom. The van der Waals surface area contributed by atoms with Crippen molar-refractivity contribution < 1.29 is 4.74 Å². The second-order valence-corrected chi connectivity index (χ2v) is 4.81. The molecule has 0 aliphatic carbocycles. The maximum atomic E-state index is 5.84. The minimum absolute atomic E-state index is 0.364. The molecule has 17 heavy (non-hydrogen) atoms. The highest BCUT2D eigenvalue weighted by molar-refractivity contribution is 5.53. The molecule has 3 nitrogen and oxygen atoms in total. The summed E-state index contributed by atoms with van der Waals surface area (Å²) >= 11 is 0. The van der Waals surface area contributed by atoms with Gasteiger partial charge in [0.15, 0.2) is 0 Å². The van der Waals surface area contributed by atoms with E-state index < -0.39 is 0 Å². The molecule has 0 spiro atoms. The number of likely N-dealkylation sites (N-methyl/N-ethyl adjacent to an activating group) is 1. The van der Waals surface area contributed by atoms with Gasteiger partial charge < -0.3 is 15.4 Å². The third-order valence-electron chi connectivity index (χ3n) is 3.29. The van der Waals surface area contributed by atoms with Gasteiger partial charge in [-0.3, -0.25) is 0 Å². The van der Waals surface area contributed by atoms with Gasteiger partial charge in [-0.1, -0.05) is 13.8 Å². The third-order valence-corrected chi connectivity index (χ3v) is 3.29. The van der Waals surface area contributed by atoms with Crippen LogP contribution in [0.4, 0.5) is 5.69 Å². The molecule has 3 heteroatoms. The smallest absolute Gasteiger partial charge is 0.121 e. The van der Waals surface area contributed by atoms with Gasteiger partial charge in [-0.05, 0) is 36.6 Å². The first kappa shape index (κ1) is 13.8. The molecule has 1 aromatic carbocycles. The molecule has 96 valence electrons. The number of anilines is 1. The monoisotopic (exact) mass is 236 g/mol. The summed E-state index contributed by atoms with van der Waals surface area (Å²) < 4.78 is 5.27. The van der Waals surface area contributed by atoms with E-state index in [1.54, 1.807) is 7.11 Å². The van der Waals surface area contributed by atoms with Crippen LogP contribution >= 0.6 is 0 Å². The van der Waals surface area contributed by atoms with Crippen LogP contribution in [-0.4, -0.2) is 26.7 Å². The Morgan fingerprint density at radius 3 is 2.41 bits per heavy atom. The van der Waals surface area contributed by atoms with E-state index >= 15 is 0 Å². The maximum Gasteiger partial charge on any atom is 0.121 e. The molecule has 0 saturated carbocycles. The zero-order valence-corrected chi connectivity index (χ0v) is 11.5. The topological polar surface area (TPSA) is 38.5 Å². The number of hydrogen-bond donors (Lipinski definition) is 1. The van der Waals surface area contributed by atoms with E-state index in [1.165, 1.54) is 5.69 Å². The molecular formula is C14H24N2O. The van der Waals surface area contributed by atoms with Crippen LogP contribution in [0.15, 0.2) is 18.2 Å². The lowest BCUT2D eigenvalue weighted by Crippen LogP contribution is -2.41. The molecule has 0 aliphatic rings. The van der Waals surface area contributed by atoms with E-state index in [1.807, 2.05) is 6.07 Å². The predicted octanol–water partition coefficient (Wildman–Crippen LogP) is 2.42. The van der Waals surface area contributed by atoms with Crippen LogP contribution in [-0.2, 0) is 0 Å². The van der Waals surface area contributed by atoms with Gasteiger partial charge in [-0.25, -0.2) is 0 Å². The van der Waals surface area contributed by atoms with Crippen LogP contribution in [0, 0.1) is 12.8 Å². The average Bonchev–Trinajstić information content (AvgIpc) is 2.29. The van der Waals surface area contributed by atoms with Crippen molar-refractivity contribution in [1.82, 2.24) is 0 Å². The molecule has 0 radical (unpaired) electrons. The number of hydrogen-bond acceptors (Lipinski definition) is 3. The highest BCUT2D eigenvalue weighted by Crippen LogP contribution is 2.25. The van der Waals surface area contributed by atoms with E-state index in [9.17, 15) is 0 Å². The summed E-state index contributed by atoms with van der Waals surface area (Å²) in [6.07, 6.45) is 0. The Balaban J connectivity index is 2.95. The van der Waals surface area contributed by atoms with Crippen LogP contribution < -0.4 is 15.4 Å². The highest BCUT2D eigenvalue weighted by Gasteiger charge is 2.17. The molecule has 0 aliphatic heterocycles. The third kappa shape index (κ3) is 3.13. The van der Waals surface area contributed by atoms with Crippen molar-refractivity contribution in [3.05, 3.63) is 23.8 Å². The molecular weight excluding hydrogens is 212 g/mol. The number of methoxy groups -OCH3 is 1. The summed E-state index contributed by atoms with van der Waals surface area (Å²) in [6.45, 7) is 7.12. The zero-order chi connectivity index (χ0) is 13.0. The number of aryl methyl sites for hydroxylation is 1. The minimum atomic E-state index is 0.364. The van der Waals surface area contributed by atoms with Gasteiger partial charge in [0.25, 0.3) is 0 Å². The molecule has 0 bridgehead atoms. The number of ether oxygens (including phenoxy) is 1. The first-order valence-corrected chi connectivity index (χ1v) is 6.08. The second kappa shape index (κ2) is 5.92. The van der Waals surface area contributed by atoms with Crippen LogP contribution in [0.5, 0.6) is 5.75 Å². The Kier molecular flexibility index (Phi) is 4.82. The molecule has 1 unspecified atom stereocenters. The summed E-state index contributed by atoms with van der Waals surface area (Å²) in [5, 5.41) is 0. The number of rotatable bonds is 5. The molecule has 0 aromatic heterocycles. The maximum absolute atomic E-state index is 5.84. The van der Waals surface area contributed by atoms with Gasteiger partial charge in [0.2, 0.25) is 0 Å². The molecule has 0 heterocycles. The van der Waals surface area contributed by atoms with Crippen molar-refractivity contribution in [2.75, 3.05) is 25.6 Å². The number of nitrogens with zero attached hydrogens (tertiary/aromatic N) is 1. The van der Waals surface area contributed by atoms with Crippen molar-refractivity contribution in [1.29, 1.82) is 0 Å². The van der Waals surface area contributed by atoms with E-state index in [0.29, 0.717) is 18.5 Å². The van der Waals surface area contributed by atoms with E-state index in [-0.39, 0.29) is 0 Å². The highest BCUT2D eigenvalue weighted by atomic mass is 16.5. The minimum Gasteiger partial charge on any atom is -0.496 e. The van der Waals surface area contributed by atoms with Crippen molar-refractivity contribution in [2.24, 2.45) is 11.7 Å². The molecule has 1 aromatic rings. The molecule has 0 saturated heterocycles. The standard InChI is InChI=1S/C14H24N2O/c1-10(2)13(9-15)16(4)12-6-7-14(17-5)11(3)8-12/h6-8,10,13H,9,15H2,1-5H3. The number of benzene rings is 1. The molecule has 0 amide bonds. The van der Waals surface area contributed by atoms with Crippen LogP contribution in [0.2, 0.25) is 0 Å². The van der Waals surface area contributed by atoms with Gasteiger partial charge in [0.1, 0.15) is 5.75 Å². The SMILES string of the molecule is COc1ccc(N(C)C(CN)C(C)C)cc1C. The van der Waals surface area contributed by atoms with Gasteiger partial charge >= 0.3 is 0 Å². The lowest BCUT2D eigenvalue weighted by atomic mass is 10.0. The van der Waals surface area contributed by atoms with Crippen LogP contribution in [0.25, 0.3) is 0 Å². The molecule has 2 N–H and O–H groups in total. The summed E-state index contributed by atoms with van der Waals surface area (Å²) in [7, 11) is 3.79. The van der Waals surface area contributed by atoms with Crippen molar-refractivity contribution >= 4 is 5.69 Å². The average molecular weight is 236 g/mol. The van der Waals surface area contributed by atoms with Crippen LogP contribution in [0.3, 0.4) is 0 Å². The molecule has 0 fully saturated rings. The van der Waals surface area contributed by atoms with E-state index in [0.717, 1.165) is 11.3 Å². The Morgan fingerprint density at radius 2 is 2.00 bits per heavy atom. The van der Waals surface area contributed by atoms with Crippen LogP contribution in [0.1, 0.15) is 19.4 Å². The van der Waals surface area contributed by atoms with Gasteiger partial charge in [-0.2, -0.15) is 0 Å². The van der Waals surface area contributed by atoms with Gasteiger partial charge in [0.05, 0.1) is 7.11 Å². The van der Waals surface area contributed by atoms with Crippen molar-refractivity contribution in [3.63, 3.8) is 0 Å². The fourth-order valence-electron chi connectivity index (χ4n) is 2.15. The molecule has 1 atom stereocenters. The lowest BCUT2D eigenvalue weighted by molar-refractivity contribution is 0.411. The fourth-order valence-corrected chi connectivity index (χ4v) is 2.15. The Labute approximate surface area is 105 Å². The Bertz CT molecular complexity index is 363. The van der Waals surface area contributed by atoms with Crippen molar-refractivity contribution in [3.8, 4) is 5.75 Å².